The van der Waals surface area contributed by atoms with Gasteiger partial charge in [-0.3, -0.25) is 9.59 Å². The average molecular weight is 376 g/mol. The van der Waals surface area contributed by atoms with E-state index in [-0.39, 0.29) is 11.8 Å². The van der Waals surface area contributed by atoms with Crippen LogP contribution in [0.25, 0.3) is 0 Å². The first-order valence-corrected chi connectivity index (χ1v) is 7.99. The number of benzene rings is 2. The number of anilines is 3. The Morgan fingerprint density at radius 3 is 2.30 bits per heavy atom. The van der Waals surface area contributed by atoms with E-state index in [0.29, 0.717) is 24.3 Å². The Morgan fingerprint density at radius 2 is 1.61 bits per heavy atom. The molecule has 3 N–H and O–H groups in total. The van der Waals surface area contributed by atoms with Crippen molar-refractivity contribution in [3.63, 3.8) is 0 Å². The largest absolute Gasteiger partial charge is 0.384 e. The molecule has 0 saturated carbocycles. The van der Waals surface area contributed by atoms with Gasteiger partial charge < -0.3 is 16.0 Å². The molecule has 0 aliphatic carbocycles. The highest BCUT2D eigenvalue weighted by molar-refractivity contribution is 9.10. The van der Waals surface area contributed by atoms with E-state index >= 15 is 0 Å². The molecule has 0 fully saturated rings. The monoisotopic (exact) mass is 375 g/mol. The molecular weight excluding hydrogens is 358 g/mol. The summed E-state index contributed by atoms with van der Waals surface area (Å²) in [7, 11) is 0. The number of halogens is 1. The van der Waals surface area contributed by atoms with E-state index in [2.05, 4.69) is 31.9 Å². The maximum absolute atomic E-state index is 12.0. The highest BCUT2D eigenvalue weighted by Gasteiger charge is 2.04. The molecule has 0 aromatic heterocycles. The molecule has 120 valence electrons. The Balaban J connectivity index is 1.81. The predicted molar refractivity (Wildman–Crippen MR) is 96.6 cm³/mol. The molecular formula is C17H18BrN3O2. The van der Waals surface area contributed by atoms with Gasteiger partial charge in [-0.25, -0.2) is 0 Å². The lowest BCUT2D eigenvalue weighted by atomic mass is 10.2. The van der Waals surface area contributed by atoms with Crippen molar-refractivity contribution in [2.75, 3.05) is 22.5 Å². The van der Waals surface area contributed by atoms with Crippen LogP contribution in [0, 0.1) is 0 Å². The maximum Gasteiger partial charge on any atom is 0.226 e. The van der Waals surface area contributed by atoms with Crippen LogP contribution in [0.15, 0.2) is 53.0 Å². The zero-order valence-corrected chi connectivity index (χ0v) is 14.3. The molecule has 2 rings (SSSR count). The SMILES string of the molecule is CC(=O)Nc1cccc(NC(=O)CCNc2cccc(Br)c2)c1. The Kier molecular flexibility index (Phi) is 6.17. The average Bonchev–Trinajstić information content (AvgIpc) is 2.47. The minimum absolute atomic E-state index is 0.0903. The van der Waals surface area contributed by atoms with Crippen molar-refractivity contribution in [2.24, 2.45) is 0 Å². The lowest BCUT2D eigenvalue weighted by molar-refractivity contribution is -0.116. The van der Waals surface area contributed by atoms with Gasteiger partial charge in [0.15, 0.2) is 0 Å². The van der Waals surface area contributed by atoms with E-state index in [1.54, 1.807) is 24.3 Å². The third-order valence-electron chi connectivity index (χ3n) is 2.97. The van der Waals surface area contributed by atoms with E-state index in [1.807, 2.05) is 24.3 Å². The summed E-state index contributed by atoms with van der Waals surface area (Å²) in [4.78, 5) is 23.0. The summed E-state index contributed by atoms with van der Waals surface area (Å²) in [5.41, 5.74) is 2.27. The maximum atomic E-state index is 12.0. The molecule has 0 aliphatic rings. The number of amides is 2. The molecule has 0 spiro atoms. The normalized spacial score (nSPS) is 10.0. The van der Waals surface area contributed by atoms with Gasteiger partial charge in [-0.1, -0.05) is 28.1 Å². The van der Waals surface area contributed by atoms with Gasteiger partial charge in [0.1, 0.15) is 0 Å². The molecule has 2 aromatic carbocycles. The molecule has 2 amide bonds. The minimum atomic E-state index is -0.147. The summed E-state index contributed by atoms with van der Waals surface area (Å²) in [6.07, 6.45) is 0.344. The fraction of sp³-hybridized carbons (Fsp3) is 0.176. The first-order valence-electron chi connectivity index (χ1n) is 7.20. The molecule has 6 heteroatoms. The van der Waals surface area contributed by atoms with Crippen LogP contribution in [0.5, 0.6) is 0 Å². The van der Waals surface area contributed by atoms with Crippen LogP contribution in [0.1, 0.15) is 13.3 Å². The zero-order valence-electron chi connectivity index (χ0n) is 12.7. The van der Waals surface area contributed by atoms with E-state index in [9.17, 15) is 9.59 Å². The van der Waals surface area contributed by atoms with Gasteiger partial charge in [0.25, 0.3) is 0 Å². The fourth-order valence-electron chi connectivity index (χ4n) is 2.02. The summed E-state index contributed by atoms with van der Waals surface area (Å²) in [5.74, 6) is -0.237. The number of carbonyl (C=O) groups excluding carboxylic acids is 2. The topological polar surface area (TPSA) is 70.2 Å². The Morgan fingerprint density at radius 1 is 0.957 bits per heavy atom. The Bertz CT molecular complexity index is 704. The second-order valence-electron chi connectivity index (χ2n) is 5.00. The third kappa shape index (κ3) is 6.12. The number of hydrogen-bond donors (Lipinski definition) is 3. The quantitative estimate of drug-likeness (QED) is 0.717. The first kappa shape index (κ1) is 17.0. The van der Waals surface area contributed by atoms with Crippen molar-refractivity contribution >= 4 is 44.8 Å². The van der Waals surface area contributed by atoms with Crippen LogP contribution in [0.4, 0.5) is 17.1 Å². The molecule has 0 saturated heterocycles. The van der Waals surface area contributed by atoms with Crippen LogP contribution in [0.3, 0.4) is 0 Å². The van der Waals surface area contributed by atoms with E-state index in [1.165, 1.54) is 6.92 Å². The summed E-state index contributed by atoms with van der Waals surface area (Å²) >= 11 is 3.40. The van der Waals surface area contributed by atoms with Gasteiger partial charge in [0.05, 0.1) is 0 Å². The van der Waals surface area contributed by atoms with Crippen LogP contribution < -0.4 is 16.0 Å². The van der Waals surface area contributed by atoms with Crippen molar-refractivity contribution in [1.82, 2.24) is 0 Å². The predicted octanol–water partition coefficient (Wildman–Crippen LogP) is 3.85. The number of rotatable bonds is 6. The Hall–Kier alpha value is -2.34. The van der Waals surface area contributed by atoms with Gasteiger partial charge in [0.2, 0.25) is 11.8 Å². The second-order valence-corrected chi connectivity index (χ2v) is 5.91. The molecule has 0 unspecified atom stereocenters. The summed E-state index contributed by atoms with van der Waals surface area (Å²) < 4.78 is 0.988. The summed E-state index contributed by atoms with van der Waals surface area (Å²) in [6, 6.07) is 14.8. The molecule has 0 heterocycles. The summed E-state index contributed by atoms with van der Waals surface area (Å²) in [5, 5.41) is 8.69. The van der Waals surface area contributed by atoms with Gasteiger partial charge in [-0.2, -0.15) is 0 Å². The van der Waals surface area contributed by atoms with Crippen molar-refractivity contribution in [3.8, 4) is 0 Å². The van der Waals surface area contributed by atoms with E-state index in [4.69, 9.17) is 0 Å². The molecule has 0 aliphatic heterocycles. The third-order valence-corrected chi connectivity index (χ3v) is 3.47. The van der Waals surface area contributed by atoms with E-state index in [0.717, 1.165) is 10.2 Å². The molecule has 0 bridgehead atoms. The van der Waals surface area contributed by atoms with E-state index < -0.39 is 0 Å². The van der Waals surface area contributed by atoms with Gasteiger partial charge >= 0.3 is 0 Å². The van der Waals surface area contributed by atoms with Gasteiger partial charge in [-0.05, 0) is 36.4 Å². The first-order chi connectivity index (χ1) is 11.0. The summed E-state index contributed by atoms with van der Waals surface area (Å²) in [6.45, 7) is 1.98. The molecule has 2 aromatic rings. The zero-order chi connectivity index (χ0) is 16.7. The van der Waals surface area contributed by atoms with Crippen molar-refractivity contribution in [3.05, 3.63) is 53.0 Å². The van der Waals surface area contributed by atoms with Crippen LogP contribution in [-0.4, -0.2) is 18.4 Å². The molecule has 23 heavy (non-hydrogen) atoms. The van der Waals surface area contributed by atoms with Crippen molar-refractivity contribution < 1.29 is 9.59 Å². The molecule has 5 nitrogen and oxygen atoms in total. The fourth-order valence-corrected chi connectivity index (χ4v) is 2.42. The minimum Gasteiger partial charge on any atom is -0.384 e. The smallest absolute Gasteiger partial charge is 0.226 e. The second kappa shape index (κ2) is 8.33. The molecule has 0 atom stereocenters. The van der Waals surface area contributed by atoms with Crippen molar-refractivity contribution in [1.29, 1.82) is 0 Å². The van der Waals surface area contributed by atoms with Crippen LogP contribution >= 0.6 is 15.9 Å². The lowest BCUT2D eigenvalue weighted by Gasteiger charge is -2.09. The van der Waals surface area contributed by atoms with Gasteiger partial charge in [-0.15, -0.1) is 0 Å². The van der Waals surface area contributed by atoms with Crippen LogP contribution in [-0.2, 0) is 9.59 Å². The number of hydrogen-bond acceptors (Lipinski definition) is 3. The standard InChI is InChI=1S/C17H18BrN3O2/c1-12(22)20-15-6-3-7-16(11-15)21-17(23)8-9-19-14-5-2-4-13(18)10-14/h2-7,10-11,19H,8-9H2,1H3,(H,20,22)(H,21,23). The highest BCUT2D eigenvalue weighted by atomic mass is 79.9. The highest BCUT2D eigenvalue weighted by Crippen LogP contribution is 2.16. The number of carbonyl (C=O) groups is 2. The van der Waals surface area contributed by atoms with Crippen LogP contribution in [0.2, 0.25) is 0 Å². The van der Waals surface area contributed by atoms with Crippen molar-refractivity contribution in [2.45, 2.75) is 13.3 Å². The van der Waals surface area contributed by atoms with Gasteiger partial charge in [0, 0.05) is 41.4 Å². The number of nitrogens with one attached hydrogen (secondary N) is 3. The Labute approximate surface area is 143 Å². The lowest BCUT2D eigenvalue weighted by Crippen LogP contribution is -2.16. The molecule has 0 radical (unpaired) electrons.